The van der Waals surface area contributed by atoms with E-state index in [0.29, 0.717) is 24.4 Å². The Hall–Kier alpha value is -2.40. The number of furan rings is 1. The Morgan fingerprint density at radius 3 is 2.42 bits per heavy atom. The molecule has 0 bridgehead atoms. The third kappa shape index (κ3) is 3.92. The number of hydrogen-bond acceptors (Lipinski definition) is 2. The molecule has 1 amide bonds. The largest absolute Gasteiger partial charge is 0.467 e. The third-order valence-corrected chi connectivity index (χ3v) is 4.30. The van der Waals surface area contributed by atoms with E-state index in [1.807, 2.05) is 24.3 Å². The molecule has 24 heavy (non-hydrogen) atoms. The van der Waals surface area contributed by atoms with Gasteiger partial charge in [0.1, 0.15) is 11.6 Å². The molecule has 122 valence electrons. The van der Waals surface area contributed by atoms with Gasteiger partial charge in [0.15, 0.2) is 0 Å². The van der Waals surface area contributed by atoms with Crippen LogP contribution in [0.2, 0.25) is 0 Å². The second-order valence-corrected chi connectivity index (χ2v) is 6.20. The van der Waals surface area contributed by atoms with Crippen molar-refractivity contribution in [1.29, 1.82) is 0 Å². The number of rotatable bonds is 5. The Balaban J connectivity index is 1.87. The van der Waals surface area contributed by atoms with Crippen LogP contribution in [0.15, 0.2) is 75.8 Å². The second-order valence-electron chi connectivity index (χ2n) is 5.35. The predicted molar refractivity (Wildman–Crippen MR) is 92.8 cm³/mol. The molecule has 3 rings (SSSR count). The lowest BCUT2D eigenvalue weighted by molar-refractivity contribution is 0.0717. The van der Waals surface area contributed by atoms with E-state index in [2.05, 4.69) is 15.9 Å². The fourth-order valence-electron chi connectivity index (χ4n) is 2.41. The zero-order chi connectivity index (χ0) is 16.9. The summed E-state index contributed by atoms with van der Waals surface area (Å²) in [7, 11) is 0. The van der Waals surface area contributed by atoms with Gasteiger partial charge in [-0.3, -0.25) is 4.79 Å². The van der Waals surface area contributed by atoms with Gasteiger partial charge in [0.25, 0.3) is 5.91 Å². The molecule has 0 aliphatic heterocycles. The number of hydrogen-bond donors (Lipinski definition) is 0. The summed E-state index contributed by atoms with van der Waals surface area (Å²) in [5, 5.41) is 0. The summed E-state index contributed by atoms with van der Waals surface area (Å²) in [4.78, 5) is 14.6. The van der Waals surface area contributed by atoms with E-state index in [1.165, 1.54) is 12.1 Å². The Kier molecular flexibility index (Phi) is 5.11. The van der Waals surface area contributed by atoms with E-state index in [9.17, 15) is 9.18 Å². The summed E-state index contributed by atoms with van der Waals surface area (Å²) in [5.41, 5.74) is 1.43. The lowest BCUT2D eigenvalue weighted by atomic mass is 10.1. The highest BCUT2D eigenvalue weighted by molar-refractivity contribution is 9.10. The molecule has 0 aliphatic carbocycles. The second kappa shape index (κ2) is 7.45. The molecule has 0 saturated heterocycles. The number of nitrogens with zero attached hydrogens (tertiary/aromatic N) is 1. The molecule has 0 radical (unpaired) electrons. The van der Waals surface area contributed by atoms with Gasteiger partial charge in [-0.2, -0.15) is 0 Å². The minimum atomic E-state index is -0.298. The molecule has 1 heterocycles. The van der Waals surface area contributed by atoms with Crippen LogP contribution in [-0.2, 0) is 13.1 Å². The first kappa shape index (κ1) is 16.5. The van der Waals surface area contributed by atoms with Crippen molar-refractivity contribution in [1.82, 2.24) is 4.90 Å². The van der Waals surface area contributed by atoms with Gasteiger partial charge in [-0.05, 0) is 57.9 Å². The van der Waals surface area contributed by atoms with Crippen molar-refractivity contribution >= 4 is 21.8 Å². The first-order valence-electron chi connectivity index (χ1n) is 7.44. The van der Waals surface area contributed by atoms with Crippen molar-refractivity contribution in [2.24, 2.45) is 0 Å². The molecule has 0 unspecified atom stereocenters. The Morgan fingerprint density at radius 2 is 1.75 bits per heavy atom. The van der Waals surface area contributed by atoms with E-state index in [0.717, 1.165) is 10.0 Å². The van der Waals surface area contributed by atoms with Crippen LogP contribution < -0.4 is 0 Å². The molecule has 0 atom stereocenters. The zero-order valence-corrected chi connectivity index (χ0v) is 14.4. The van der Waals surface area contributed by atoms with Crippen LogP contribution in [0.4, 0.5) is 4.39 Å². The standard InChI is InChI=1S/C19H15BrFNO2/c20-18-6-2-1-5-17(18)19(23)22(13-16-4-3-11-24-16)12-14-7-9-15(21)10-8-14/h1-11H,12-13H2. The number of benzene rings is 2. The number of carbonyl (C=O) groups is 1. The Labute approximate surface area is 147 Å². The van der Waals surface area contributed by atoms with Gasteiger partial charge in [0.2, 0.25) is 0 Å². The van der Waals surface area contributed by atoms with Gasteiger partial charge in [-0.1, -0.05) is 24.3 Å². The molecule has 5 heteroatoms. The van der Waals surface area contributed by atoms with Crippen LogP contribution in [0.1, 0.15) is 21.7 Å². The maximum absolute atomic E-state index is 13.1. The van der Waals surface area contributed by atoms with Crippen molar-refractivity contribution in [2.45, 2.75) is 13.1 Å². The highest BCUT2D eigenvalue weighted by Gasteiger charge is 2.19. The summed E-state index contributed by atoms with van der Waals surface area (Å²) in [6, 6.07) is 17.0. The minimum absolute atomic E-state index is 0.122. The molecule has 0 saturated carbocycles. The van der Waals surface area contributed by atoms with E-state index in [4.69, 9.17) is 4.42 Å². The van der Waals surface area contributed by atoms with Crippen molar-refractivity contribution in [2.75, 3.05) is 0 Å². The topological polar surface area (TPSA) is 33.5 Å². The smallest absolute Gasteiger partial charge is 0.255 e. The summed E-state index contributed by atoms with van der Waals surface area (Å²) in [6.45, 7) is 0.700. The minimum Gasteiger partial charge on any atom is -0.467 e. The monoisotopic (exact) mass is 387 g/mol. The van der Waals surface area contributed by atoms with Gasteiger partial charge in [-0.15, -0.1) is 0 Å². The molecule has 0 spiro atoms. The quantitative estimate of drug-likeness (QED) is 0.615. The van der Waals surface area contributed by atoms with E-state index in [1.54, 1.807) is 35.4 Å². The van der Waals surface area contributed by atoms with E-state index < -0.39 is 0 Å². The van der Waals surface area contributed by atoms with Crippen molar-refractivity contribution in [3.05, 3.63) is 94.1 Å². The van der Waals surface area contributed by atoms with Gasteiger partial charge in [-0.25, -0.2) is 4.39 Å². The molecule has 3 nitrogen and oxygen atoms in total. The van der Waals surface area contributed by atoms with Crippen LogP contribution >= 0.6 is 15.9 Å². The molecule has 0 aliphatic rings. The predicted octanol–water partition coefficient (Wildman–Crippen LogP) is 5.02. The average Bonchev–Trinajstić information content (AvgIpc) is 3.09. The molecule has 0 fully saturated rings. The maximum Gasteiger partial charge on any atom is 0.255 e. The van der Waals surface area contributed by atoms with Gasteiger partial charge in [0.05, 0.1) is 18.4 Å². The fourth-order valence-corrected chi connectivity index (χ4v) is 2.86. The number of carbonyl (C=O) groups excluding carboxylic acids is 1. The van der Waals surface area contributed by atoms with Crippen molar-refractivity contribution in [3.8, 4) is 0 Å². The third-order valence-electron chi connectivity index (χ3n) is 3.60. The van der Waals surface area contributed by atoms with Crippen LogP contribution in [0.5, 0.6) is 0 Å². The SMILES string of the molecule is O=C(c1ccccc1Br)N(Cc1ccc(F)cc1)Cc1ccco1. The Bertz CT molecular complexity index is 816. The zero-order valence-electron chi connectivity index (χ0n) is 12.8. The first-order valence-corrected chi connectivity index (χ1v) is 8.23. The summed E-state index contributed by atoms with van der Waals surface area (Å²) < 4.78 is 19.2. The summed E-state index contributed by atoms with van der Waals surface area (Å²) >= 11 is 3.42. The molecule has 3 aromatic rings. The first-order chi connectivity index (χ1) is 11.6. The van der Waals surface area contributed by atoms with Crippen LogP contribution in [0.3, 0.4) is 0 Å². The van der Waals surface area contributed by atoms with E-state index >= 15 is 0 Å². The summed E-state index contributed by atoms with van der Waals surface area (Å²) in [6.07, 6.45) is 1.58. The highest BCUT2D eigenvalue weighted by Crippen LogP contribution is 2.21. The molecule has 2 aromatic carbocycles. The van der Waals surface area contributed by atoms with Gasteiger partial charge < -0.3 is 9.32 Å². The van der Waals surface area contributed by atoms with Crippen molar-refractivity contribution < 1.29 is 13.6 Å². The molecule has 1 aromatic heterocycles. The van der Waals surface area contributed by atoms with Crippen LogP contribution in [0, 0.1) is 5.82 Å². The molecule has 0 N–H and O–H groups in total. The van der Waals surface area contributed by atoms with Crippen LogP contribution in [-0.4, -0.2) is 10.8 Å². The van der Waals surface area contributed by atoms with Crippen LogP contribution in [0.25, 0.3) is 0 Å². The number of halogens is 2. The normalized spacial score (nSPS) is 10.6. The number of amides is 1. The van der Waals surface area contributed by atoms with Gasteiger partial charge >= 0.3 is 0 Å². The van der Waals surface area contributed by atoms with Crippen molar-refractivity contribution in [3.63, 3.8) is 0 Å². The average molecular weight is 388 g/mol. The lowest BCUT2D eigenvalue weighted by Crippen LogP contribution is -2.30. The summed E-state index contributed by atoms with van der Waals surface area (Å²) in [5.74, 6) is 0.272. The Morgan fingerprint density at radius 1 is 1.00 bits per heavy atom. The van der Waals surface area contributed by atoms with Gasteiger partial charge in [0, 0.05) is 11.0 Å². The highest BCUT2D eigenvalue weighted by atomic mass is 79.9. The molecular weight excluding hydrogens is 373 g/mol. The maximum atomic E-state index is 13.1. The lowest BCUT2D eigenvalue weighted by Gasteiger charge is -2.22. The van der Waals surface area contributed by atoms with E-state index in [-0.39, 0.29) is 11.7 Å². The molecular formula is C19H15BrFNO2. The fraction of sp³-hybridized carbons (Fsp3) is 0.105.